The Bertz CT molecular complexity index is 498. The van der Waals surface area contributed by atoms with E-state index in [1.165, 1.54) is 10.9 Å². The van der Waals surface area contributed by atoms with Gasteiger partial charge < -0.3 is 5.32 Å². The molecule has 0 bridgehead atoms. The van der Waals surface area contributed by atoms with Gasteiger partial charge in [-0.25, -0.2) is 0 Å². The number of hydrogen-bond acceptors (Lipinski definition) is 2. The second kappa shape index (κ2) is 4.84. The van der Waals surface area contributed by atoms with E-state index >= 15 is 0 Å². The van der Waals surface area contributed by atoms with Crippen LogP contribution in [0.5, 0.6) is 0 Å². The van der Waals surface area contributed by atoms with E-state index in [0.717, 1.165) is 18.5 Å². The van der Waals surface area contributed by atoms with Gasteiger partial charge >= 0.3 is 0 Å². The summed E-state index contributed by atoms with van der Waals surface area (Å²) in [6, 6.07) is 10.6. The smallest absolute Gasteiger partial charge is 0.0739 e. The zero-order valence-corrected chi connectivity index (χ0v) is 10.8. The van der Waals surface area contributed by atoms with Crippen molar-refractivity contribution in [2.75, 3.05) is 13.6 Å². The number of nitrogens with zero attached hydrogens (tertiary/aromatic N) is 1. The molecule has 2 aromatic rings. The lowest BCUT2D eigenvalue weighted by Gasteiger charge is -2.26. The molecule has 1 aromatic heterocycles. The molecular weight excluding hydrogens is 208 g/mol. The van der Waals surface area contributed by atoms with Crippen molar-refractivity contribution in [3.63, 3.8) is 0 Å². The fourth-order valence-electron chi connectivity index (χ4n) is 2.22. The SMILES string of the molecule is CNCCC(C)(C)c1cccc2cccnc12. The Labute approximate surface area is 103 Å². The number of para-hydroxylation sites is 1. The van der Waals surface area contributed by atoms with Crippen molar-refractivity contribution in [2.24, 2.45) is 0 Å². The average Bonchev–Trinajstić information content (AvgIpc) is 2.36. The minimum absolute atomic E-state index is 0.150. The van der Waals surface area contributed by atoms with Crippen molar-refractivity contribution in [2.45, 2.75) is 25.7 Å². The second-order valence-corrected chi connectivity index (χ2v) is 5.12. The van der Waals surface area contributed by atoms with Crippen LogP contribution in [0.25, 0.3) is 10.9 Å². The van der Waals surface area contributed by atoms with E-state index in [9.17, 15) is 0 Å². The Hall–Kier alpha value is -1.41. The molecule has 0 radical (unpaired) electrons. The van der Waals surface area contributed by atoms with Crippen molar-refractivity contribution < 1.29 is 0 Å². The topological polar surface area (TPSA) is 24.9 Å². The normalized spacial score (nSPS) is 11.9. The highest BCUT2D eigenvalue weighted by molar-refractivity contribution is 5.82. The first-order valence-corrected chi connectivity index (χ1v) is 6.14. The van der Waals surface area contributed by atoms with Gasteiger partial charge in [-0.2, -0.15) is 0 Å². The average molecular weight is 228 g/mol. The minimum Gasteiger partial charge on any atom is -0.320 e. The van der Waals surface area contributed by atoms with E-state index in [1.807, 2.05) is 19.3 Å². The Kier molecular flexibility index (Phi) is 3.43. The number of hydrogen-bond donors (Lipinski definition) is 1. The number of fused-ring (bicyclic) bond motifs is 1. The first-order chi connectivity index (χ1) is 8.15. The van der Waals surface area contributed by atoms with Gasteiger partial charge in [0.25, 0.3) is 0 Å². The van der Waals surface area contributed by atoms with Crippen LogP contribution in [-0.4, -0.2) is 18.6 Å². The molecule has 0 atom stereocenters. The summed E-state index contributed by atoms with van der Waals surface area (Å²) in [4.78, 5) is 4.54. The maximum atomic E-state index is 4.54. The molecule has 0 aliphatic heterocycles. The van der Waals surface area contributed by atoms with Crippen molar-refractivity contribution >= 4 is 10.9 Å². The Balaban J connectivity index is 2.47. The predicted octanol–water partition coefficient (Wildman–Crippen LogP) is 3.12. The molecule has 0 amide bonds. The van der Waals surface area contributed by atoms with E-state index in [0.29, 0.717) is 0 Å². The molecule has 0 fully saturated rings. The predicted molar refractivity (Wildman–Crippen MR) is 73.3 cm³/mol. The number of benzene rings is 1. The molecule has 0 unspecified atom stereocenters. The molecule has 90 valence electrons. The highest BCUT2D eigenvalue weighted by Gasteiger charge is 2.22. The van der Waals surface area contributed by atoms with Crippen LogP contribution >= 0.6 is 0 Å². The maximum Gasteiger partial charge on any atom is 0.0739 e. The van der Waals surface area contributed by atoms with Crippen LogP contribution in [0.3, 0.4) is 0 Å². The van der Waals surface area contributed by atoms with Crippen molar-refractivity contribution in [1.29, 1.82) is 0 Å². The van der Waals surface area contributed by atoms with Gasteiger partial charge in [-0.15, -0.1) is 0 Å². The van der Waals surface area contributed by atoms with Crippen LogP contribution in [-0.2, 0) is 5.41 Å². The number of aromatic nitrogens is 1. The van der Waals surface area contributed by atoms with Crippen molar-refractivity contribution in [3.8, 4) is 0 Å². The summed E-state index contributed by atoms with van der Waals surface area (Å²) in [5, 5.41) is 4.45. The highest BCUT2D eigenvalue weighted by atomic mass is 14.8. The minimum atomic E-state index is 0.150. The van der Waals surface area contributed by atoms with Crippen LogP contribution in [0, 0.1) is 0 Å². The van der Waals surface area contributed by atoms with E-state index < -0.39 is 0 Å². The molecule has 2 heteroatoms. The molecule has 0 saturated carbocycles. The first-order valence-electron chi connectivity index (χ1n) is 6.14. The molecule has 0 aliphatic rings. The molecule has 17 heavy (non-hydrogen) atoms. The van der Waals surface area contributed by atoms with Gasteiger partial charge in [-0.3, -0.25) is 4.98 Å². The summed E-state index contributed by atoms with van der Waals surface area (Å²) in [7, 11) is 2.00. The van der Waals surface area contributed by atoms with Crippen LogP contribution in [0.4, 0.5) is 0 Å². The third kappa shape index (κ3) is 2.47. The lowest BCUT2D eigenvalue weighted by atomic mass is 9.80. The third-order valence-electron chi connectivity index (χ3n) is 3.36. The Morgan fingerprint density at radius 3 is 2.71 bits per heavy atom. The molecule has 1 N–H and O–H groups in total. The third-order valence-corrected chi connectivity index (χ3v) is 3.36. The van der Waals surface area contributed by atoms with Crippen LogP contribution in [0.2, 0.25) is 0 Å². The zero-order chi connectivity index (χ0) is 12.3. The number of pyridine rings is 1. The molecule has 1 heterocycles. The molecular formula is C15H20N2. The van der Waals surface area contributed by atoms with Gasteiger partial charge in [0, 0.05) is 11.6 Å². The summed E-state index contributed by atoms with van der Waals surface area (Å²) in [5.41, 5.74) is 2.62. The first kappa shape index (κ1) is 12.1. The monoisotopic (exact) mass is 228 g/mol. The molecule has 0 spiro atoms. The fourth-order valence-corrected chi connectivity index (χ4v) is 2.22. The van der Waals surface area contributed by atoms with Crippen LogP contribution < -0.4 is 5.32 Å². The van der Waals surface area contributed by atoms with Gasteiger partial charge in [0.15, 0.2) is 0 Å². The summed E-state index contributed by atoms with van der Waals surface area (Å²) in [6.45, 7) is 5.60. The molecule has 1 aromatic carbocycles. The zero-order valence-electron chi connectivity index (χ0n) is 10.8. The van der Waals surface area contributed by atoms with Crippen LogP contribution in [0.15, 0.2) is 36.5 Å². The maximum absolute atomic E-state index is 4.54. The van der Waals surface area contributed by atoms with E-state index in [4.69, 9.17) is 0 Å². The fraction of sp³-hybridized carbons (Fsp3) is 0.400. The van der Waals surface area contributed by atoms with Gasteiger partial charge in [0.1, 0.15) is 0 Å². The lowest BCUT2D eigenvalue weighted by molar-refractivity contribution is 0.471. The van der Waals surface area contributed by atoms with Crippen LogP contribution in [0.1, 0.15) is 25.8 Å². The quantitative estimate of drug-likeness (QED) is 0.869. The van der Waals surface area contributed by atoms with Gasteiger partial charge in [-0.1, -0.05) is 38.1 Å². The van der Waals surface area contributed by atoms with E-state index in [2.05, 4.69) is 48.4 Å². The summed E-state index contributed by atoms with van der Waals surface area (Å²) >= 11 is 0. The largest absolute Gasteiger partial charge is 0.320 e. The lowest BCUT2D eigenvalue weighted by Crippen LogP contribution is -2.23. The molecule has 2 rings (SSSR count). The number of nitrogens with one attached hydrogen (secondary N) is 1. The second-order valence-electron chi connectivity index (χ2n) is 5.12. The Morgan fingerprint density at radius 2 is 1.94 bits per heavy atom. The number of rotatable bonds is 4. The van der Waals surface area contributed by atoms with E-state index in [1.54, 1.807) is 0 Å². The summed E-state index contributed by atoms with van der Waals surface area (Å²) < 4.78 is 0. The standard InChI is InChI=1S/C15H20N2/c1-15(2,9-11-16-3)13-8-4-6-12-7-5-10-17-14(12)13/h4-8,10,16H,9,11H2,1-3H3. The highest BCUT2D eigenvalue weighted by Crippen LogP contribution is 2.31. The summed E-state index contributed by atoms with van der Waals surface area (Å²) in [6.07, 6.45) is 2.99. The van der Waals surface area contributed by atoms with Gasteiger partial charge in [0.05, 0.1) is 5.52 Å². The van der Waals surface area contributed by atoms with Gasteiger partial charge in [0.2, 0.25) is 0 Å². The molecule has 0 aliphatic carbocycles. The molecule has 0 saturated heterocycles. The van der Waals surface area contributed by atoms with Crippen molar-refractivity contribution in [1.82, 2.24) is 10.3 Å². The Morgan fingerprint density at radius 1 is 1.18 bits per heavy atom. The molecule has 2 nitrogen and oxygen atoms in total. The summed E-state index contributed by atoms with van der Waals surface area (Å²) in [5.74, 6) is 0. The van der Waals surface area contributed by atoms with Crippen molar-refractivity contribution in [3.05, 3.63) is 42.1 Å². The van der Waals surface area contributed by atoms with Gasteiger partial charge in [-0.05, 0) is 37.1 Å². The van der Waals surface area contributed by atoms with E-state index in [-0.39, 0.29) is 5.41 Å².